The van der Waals surface area contributed by atoms with Gasteiger partial charge >= 0.3 is 0 Å². The van der Waals surface area contributed by atoms with Crippen molar-refractivity contribution in [3.05, 3.63) is 120 Å². The van der Waals surface area contributed by atoms with Crippen molar-refractivity contribution >= 4 is 22.6 Å². The van der Waals surface area contributed by atoms with E-state index in [-0.39, 0.29) is 0 Å². The van der Waals surface area contributed by atoms with E-state index in [4.69, 9.17) is 0 Å². The summed E-state index contributed by atoms with van der Waals surface area (Å²) in [6, 6.07) is 37.0. The maximum Gasteiger partial charge on any atom is 0.0580 e. The van der Waals surface area contributed by atoms with Crippen LogP contribution in [-0.4, -0.2) is 4.21 Å². The van der Waals surface area contributed by atoms with Crippen LogP contribution in [0.5, 0.6) is 0 Å². The van der Waals surface area contributed by atoms with Crippen LogP contribution in [0.2, 0.25) is 0 Å². The molecule has 0 aliphatic heterocycles. The van der Waals surface area contributed by atoms with E-state index in [1.54, 1.807) is 0 Å². The smallest absolute Gasteiger partial charge is 0.0580 e. The predicted molar refractivity (Wildman–Crippen MR) is 124 cm³/mol. The van der Waals surface area contributed by atoms with E-state index in [2.05, 4.69) is 54.6 Å². The van der Waals surface area contributed by atoms with Crippen LogP contribution in [0, 0.1) is 0 Å². The molecule has 1 atom stereocenters. The van der Waals surface area contributed by atoms with E-state index >= 15 is 0 Å². The zero-order valence-corrected chi connectivity index (χ0v) is 17.7. The third kappa shape index (κ3) is 5.06. The molecule has 1 unspecified atom stereocenters. The Kier molecular flexibility index (Phi) is 6.60. The molecular weight excluding hydrogens is 392 g/mol. The van der Waals surface area contributed by atoms with Crippen LogP contribution in [0.4, 0.5) is 0 Å². The zero-order chi connectivity index (χ0) is 19.9. The molecule has 1 nitrogen and oxygen atoms in total. The molecule has 0 fully saturated rings. The van der Waals surface area contributed by atoms with Crippen molar-refractivity contribution in [2.45, 2.75) is 21.3 Å². The third-order valence-corrected chi connectivity index (χ3v) is 7.27. The lowest BCUT2D eigenvalue weighted by Gasteiger charge is -2.14. The van der Waals surface area contributed by atoms with E-state index < -0.39 is 10.8 Å². The molecule has 3 heteroatoms. The lowest BCUT2D eigenvalue weighted by Crippen LogP contribution is -1.99. The molecule has 0 aliphatic carbocycles. The number of rotatable bonds is 7. The first-order chi connectivity index (χ1) is 14.3. The van der Waals surface area contributed by atoms with E-state index in [1.807, 2.05) is 66.4 Å². The highest BCUT2D eigenvalue weighted by atomic mass is 32.2. The fourth-order valence-corrected chi connectivity index (χ4v) is 5.57. The van der Waals surface area contributed by atoms with Gasteiger partial charge in [-0.25, -0.2) is 0 Å². The van der Waals surface area contributed by atoms with E-state index in [0.717, 1.165) is 27.3 Å². The molecule has 0 heterocycles. The fourth-order valence-electron chi connectivity index (χ4n) is 3.24. The molecule has 0 amide bonds. The highest BCUT2D eigenvalue weighted by molar-refractivity contribution is 7.98. The van der Waals surface area contributed by atoms with Gasteiger partial charge in [-0.1, -0.05) is 97.1 Å². The second-order valence-corrected chi connectivity index (χ2v) is 9.18. The van der Waals surface area contributed by atoms with Gasteiger partial charge in [0, 0.05) is 15.5 Å². The topological polar surface area (TPSA) is 17.1 Å². The molecule has 0 saturated heterocycles. The largest absolute Gasteiger partial charge is 0.254 e. The maximum atomic E-state index is 13.2. The van der Waals surface area contributed by atoms with Crippen molar-refractivity contribution < 1.29 is 4.21 Å². The third-order valence-electron chi connectivity index (χ3n) is 4.69. The fraction of sp³-hybridized carbons (Fsp3) is 0.0769. The van der Waals surface area contributed by atoms with Crippen molar-refractivity contribution in [2.75, 3.05) is 0 Å². The van der Waals surface area contributed by atoms with E-state index in [9.17, 15) is 4.21 Å². The molecule has 0 bridgehead atoms. The minimum Gasteiger partial charge on any atom is -0.254 e. The van der Waals surface area contributed by atoms with Crippen LogP contribution in [0.1, 0.15) is 11.1 Å². The summed E-state index contributed by atoms with van der Waals surface area (Å²) in [5.74, 6) is 1.43. The van der Waals surface area contributed by atoms with Crippen molar-refractivity contribution in [1.82, 2.24) is 0 Å². The highest BCUT2D eigenvalue weighted by Crippen LogP contribution is 2.36. The Morgan fingerprint density at radius 2 is 1.14 bits per heavy atom. The zero-order valence-electron chi connectivity index (χ0n) is 16.0. The van der Waals surface area contributed by atoms with Gasteiger partial charge in [0.1, 0.15) is 0 Å². The van der Waals surface area contributed by atoms with Crippen LogP contribution < -0.4 is 0 Å². The second kappa shape index (κ2) is 9.73. The van der Waals surface area contributed by atoms with Gasteiger partial charge in [0.05, 0.1) is 16.6 Å². The van der Waals surface area contributed by atoms with E-state index in [1.165, 1.54) is 10.5 Å². The molecule has 0 saturated carbocycles. The quantitative estimate of drug-likeness (QED) is 0.304. The SMILES string of the molecule is O=S(Cc1ccccc1)c1ccccc1-c1ccccc1SCc1ccccc1. The summed E-state index contributed by atoms with van der Waals surface area (Å²) in [6.45, 7) is 0. The van der Waals surface area contributed by atoms with Crippen molar-refractivity contribution in [2.24, 2.45) is 0 Å². The molecule has 0 aromatic heterocycles. The van der Waals surface area contributed by atoms with Crippen LogP contribution in [0.25, 0.3) is 11.1 Å². The Labute approximate surface area is 179 Å². The Morgan fingerprint density at radius 1 is 0.586 bits per heavy atom. The van der Waals surface area contributed by atoms with Gasteiger partial charge in [-0.3, -0.25) is 4.21 Å². The molecule has 0 aliphatic rings. The summed E-state index contributed by atoms with van der Waals surface area (Å²) in [5, 5.41) is 0. The monoisotopic (exact) mass is 414 g/mol. The summed E-state index contributed by atoms with van der Waals surface area (Å²) < 4.78 is 13.2. The molecule has 4 rings (SSSR count). The number of hydrogen-bond acceptors (Lipinski definition) is 2. The number of benzene rings is 4. The second-order valence-electron chi connectivity index (χ2n) is 6.74. The van der Waals surface area contributed by atoms with Gasteiger partial charge in [-0.05, 0) is 34.4 Å². The number of thioether (sulfide) groups is 1. The Morgan fingerprint density at radius 3 is 1.86 bits per heavy atom. The first-order valence-corrected chi connectivity index (χ1v) is 11.9. The summed E-state index contributed by atoms with van der Waals surface area (Å²) in [4.78, 5) is 2.10. The lowest BCUT2D eigenvalue weighted by molar-refractivity contribution is 0.683. The first kappa shape index (κ1) is 19.7. The highest BCUT2D eigenvalue weighted by Gasteiger charge is 2.14. The van der Waals surface area contributed by atoms with E-state index in [0.29, 0.717) is 5.75 Å². The minimum absolute atomic E-state index is 0.525. The Hall–Kier alpha value is -2.62. The van der Waals surface area contributed by atoms with Gasteiger partial charge < -0.3 is 0 Å². The van der Waals surface area contributed by atoms with Crippen molar-refractivity contribution in [1.29, 1.82) is 0 Å². The van der Waals surface area contributed by atoms with Crippen LogP contribution in [-0.2, 0) is 22.3 Å². The molecule has 4 aromatic carbocycles. The maximum absolute atomic E-state index is 13.2. The average molecular weight is 415 g/mol. The predicted octanol–water partition coefficient (Wildman–Crippen LogP) is 6.95. The van der Waals surface area contributed by atoms with Gasteiger partial charge in [0.2, 0.25) is 0 Å². The minimum atomic E-state index is -1.10. The van der Waals surface area contributed by atoms with Crippen LogP contribution in [0.15, 0.2) is 119 Å². The molecule has 4 aromatic rings. The summed E-state index contributed by atoms with van der Waals surface area (Å²) in [6.07, 6.45) is 0. The molecular formula is C26H22OS2. The summed E-state index contributed by atoms with van der Waals surface area (Å²) in [7, 11) is -1.10. The van der Waals surface area contributed by atoms with Gasteiger partial charge in [-0.15, -0.1) is 11.8 Å². The normalized spacial score (nSPS) is 11.9. The number of hydrogen-bond donors (Lipinski definition) is 0. The summed E-state index contributed by atoms with van der Waals surface area (Å²) in [5.41, 5.74) is 4.59. The Balaban J connectivity index is 1.63. The Bertz CT molecular complexity index is 1090. The molecule has 0 spiro atoms. The van der Waals surface area contributed by atoms with Crippen LogP contribution >= 0.6 is 11.8 Å². The average Bonchev–Trinajstić information content (AvgIpc) is 2.79. The van der Waals surface area contributed by atoms with Crippen molar-refractivity contribution in [3.63, 3.8) is 0 Å². The van der Waals surface area contributed by atoms with Gasteiger partial charge in [0.15, 0.2) is 0 Å². The van der Waals surface area contributed by atoms with Gasteiger partial charge in [-0.2, -0.15) is 0 Å². The molecule has 0 N–H and O–H groups in total. The summed E-state index contributed by atoms with van der Waals surface area (Å²) >= 11 is 1.82. The molecule has 144 valence electrons. The first-order valence-electron chi connectivity index (χ1n) is 9.59. The van der Waals surface area contributed by atoms with Gasteiger partial charge in [0.25, 0.3) is 0 Å². The van der Waals surface area contributed by atoms with Crippen molar-refractivity contribution in [3.8, 4) is 11.1 Å². The van der Waals surface area contributed by atoms with Crippen LogP contribution in [0.3, 0.4) is 0 Å². The molecule has 0 radical (unpaired) electrons. The standard InChI is InChI=1S/C26H22OS2/c27-29(20-22-13-5-2-6-14-22)26-18-10-8-16-24(26)23-15-7-9-17-25(23)28-19-21-11-3-1-4-12-21/h1-18H,19-20H2. The molecule has 29 heavy (non-hydrogen) atoms. The lowest BCUT2D eigenvalue weighted by atomic mass is 10.1.